The highest BCUT2D eigenvalue weighted by molar-refractivity contribution is 9.10. The Bertz CT molecular complexity index is 321. The SMILES string of the molecule is NCC(NC1CCCCC1)c1cc(Br)cs1. The molecule has 1 fully saturated rings. The zero-order valence-electron chi connectivity index (χ0n) is 9.42. The molecule has 1 saturated carbocycles. The number of hydrogen-bond acceptors (Lipinski definition) is 3. The molecule has 1 unspecified atom stereocenters. The largest absolute Gasteiger partial charge is 0.329 e. The van der Waals surface area contributed by atoms with Crippen molar-refractivity contribution in [2.24, 2.45) is 5.73 Å². The van der Waals surface area contributed by atoms with Gasteiger partial charge in [-0.15, -0.1) is 11.3 Å². The maximum Gasteiger partial charge on any atom is 0.0541 e. The molecule has 1 aliphatic rings. The second kappa shape index (κ2) is 6.15. The van der Waals surface area contributed by atoms with Crippen molar-refractivity contribution in [1.82, 2.24) is 5.32 Å². The molecule has 0 spiro atoms. The highest BCUT2D eigenvalue weighted by Crippen LogP contribution is 2.27. The van der Waals surface area contributed by atoms with E-state index in [2.05, 4.69) is 32.7 Å². The van der Waals surface area contributed by atoms with E-state index in [-0.39, 0.29) is 0 Å². The van der Waals surface area contributed by atoms with Crippen LogP contribution in [0.4, 0.5) is 0 Å². The summed E-state index contributed by atoms with van der Waals surface area (Å²) in [5.41, 5.74) is 5.86. The van der Waals surface area contributed by atoms with Crippen LogP contribution in [0.25, 0.3) is 0 Å². The summed E-state index contributed by atoms with van der Waals surface area (Å²) < 4.78 is 1.16. The van der Waals surface area contributed by atoms with Crippen molar-refractivity contribution in [3.63, 3.8) is 0 Å². The summed E-state index contributed by atoms with van der Waals surface area (Å²) in [6.07, 6.45) is 6.74. The van der Waals surface area contributed by atoms with E-state index in [1.54, 1.807) is 11.3 Å². The van der Waals surface area contributed by atoms with Crippen molar-refractivity contribution in [3.05, 3.63) is 20.8 Å². The van der Waals surface area contributed by atoms with E-state index in [0.29, 0.717) is 18.6 Å². The van der Waals surface area contributed by atoms with E-state index in [1.165, 1.54) is 37.0 Å². The molecule has 0 radical (unpaired) electrons. The molecule has 1 heterocycles. The summed E-state index contributed by atoms with van der Waals surface area (Å²) in [7, 11) is 0. The Morgan fingerprint density at radius 3 is 2.75 bits per heavy atom. The average molecular weight is 303 g/mol. The molecule has 3 N–H and O–H groups in total. The van der Waals surface area contributed by atoms with Crippen molar-refractivity contribution in [3.8, 4) is 0 Å². The van der Waals surface area contributed by atoms with Gasteiger partial charge in [0.25, 0.3) is 0 Å². The van der Waals surface area contributed by atoms with E-state index < -0.39 is 0 Å². The van der Waals surface area contributed by atoms with Crippen LogP contribution >= 0.6 is 27.3 Å². The molecule has 2 nitrogen and oxygen atoms in total. The molecule has 0 aliphatic heterocycles. The Morgan fingerprint density at radius 2 is 2.19 bits per heavy atom. The first-order chi connectivity index (χ1) is 7.79. The first-order valence-corrected chi connectivity index (χ1v) is 7.67. The van der Waals surface area contributed by atoms with Gasteiger partial charge < -0.3 is 11.1 Å². The third-order valence-corrected chi connectivity index (χ3v) is 5.02. The number of nitrogens with one attached hydrogen (secondary N) is 1. The van der Waals surface area contributed by atoms with Gasteiger partial charge in [-0.05, 0) is 34.8 Å². The minimum absolute atomic E-state index is 0.333. The lowest BCUT2D eigenvalue weighted by atomic mass is 9.95. The molecule has 0 bridgehead atoms. The van der Waals surface area contributed by atoms with Gasteiger partial charge in [-0.3, -0.25) is 0 Å². The average Bonchev–Trinajstić information content (AvgIpc) is 2.74. The molecule has 16 heavy (non-hydrogen) atoms. The Morgan fingerprint density at radius 1 is 1.44 bits per heavy atom. The predicted molar refractivity (Wildman–Crippen MR) is 73.8 cm³/mol. The molecule has 0 saturated heterocycles. The molecule has 1 aromatic heterocycles. The van der Waals surface area contributed by atoms with E-state index in [0.717, 1.165) is 4.47 Å². The van der Waals surface area contributed by atoms with Gasteiger partial charge in [-0.1, -0.05) is 19.3 Å². The fourth-order valence-electron chi connectivity index (χ4n) is 2.33. The first kappa shape index (κ1) is 12.6. The quantitative estimate of drug-likeness (QED) is 0.894. The molecule has 0 aromatic carbocycles. The van der Waals surface area contributed by atoms with E-state index in [1.807, 2.05) is 0 Å². The molecule has 1 aromatic rings. The van der Waals surface area contributed by atoms with Crippen molar-refractivity contribution < 1.29 is 0 Å². The van der Waals surface area contributed by atoms with Crippen LogP contribution in [0.2, 0.25) is 0 Å². The van der Waals surface area contributed by atoms with Crippen molar-refractivity contribution >= 4 is 27.3 Å². The van der Waals surface area contributed by atoms with Crippen LogP contribution in [0.5, 0.6) is 0 Å². The molecule has 2 rings (SSSR count). The fourth-order valence-corrected chi connectivity index (χ4v) is 3.85. The van der Waals surface area contributed by atoms with Gasteiger partial charge in [0, 0.05) is 27.3 Å². The van der Waals surface area contributed by atoms with Crippen LogP contribution in [-0.4, -0.2) is 12.6 Å². The second-order valence-corrected chi connectivity index (χ2v) is 6.32. The lowest BCUT2D eigenvalue weighted by Crippen LogP contribution is -2.37. The molecular formula is C12H19BrN2S. The van der Waals surface area contributed by atoms with Crippen LogP contribution < -0.4 is 11.1 Å². The molecule has 0 amide bonds. The highest BCUT2D eigenvalue weighted by atomic mass is 79.9. The maximum absolute atomic E-state index is 5.86. The molecule has 4 heteroatoms. The van der Waals surface area contributed by atoms with Crippen LogP contribution in [0, 0.1) is 0 Å². The van der Waals surface area contributed by atoms with E-state index in [9.17, 15) is 0 Å². The smallest absolute Gasteiger partial charge is 0.0541 e. The first-order valence-electron chi connectivity index (χ1n) is 5.99. The number of nitrogens with two attached hydrogens (primary N) is 1. The Labute approximate surface area is 110 Å². The van der Waals surface area contributed by atoms with Gasteiger partial charge in [0.1, 0.15) is 0 Å². The van der Waals surface area contributed by atoms with Crippen molar-refractivity contribution in [2.45, 2.75) is 44.2 Å². The molecule has 90 valence electrons. The number of thiophene rings is 1. The zero-order chi connectivity index (χ0) is 11.4. The van der Waals surface area contributed by atoms with Gasteiger partial charge in [-0.25, -0.2) is 0 Å². The molecule has 1 atom stereocenters. The van der Waals surface area contributed by atoms with Crippen LogP contribution in [-0.2, 0) is 0 Å². The number of hydrogen-bond donors (Lipinski definition) is 2. The van der Waals surface area contributed by atoms with Crippen LogP contribution in [0.1, 0.15) is 43.0 Å². The number of rotatable bonds is 4. The van der Waals surface area contributed by atoms with E-state index >= 15 is 0 Å². The van der Waals surface area contributed by atoms with Crippen molar-refractivity contribution in [1.29, 1.82) is 0 Å². The summed E-state index contributed by atoms with van der Waals surface area (Å²) >= 11 is 5.28. The minimum Gasteiger partial charge on any atom is -0.329 e. The summed E-state index contributed by atoms with van der Waals surface area (Å²) in [5, 5.41) is 5.83. The Hall–Kier alpha value is 0.1000. The molecule has 1 aliphatic carbocycles. The molecular weight excluding hydrogens is 284 g/mol. The zero-order valence-corrected chi connectivity index (χ0v) is 11.8. The summed E-state index contributed by atoms with van der Waals surface area (Å²) in [6, 6.07) is 3.18. The standard InChI is InChI=1S/C12H19BrN2S/c13-9-6-12(16-8-9)11(7-14)15-10-4-2-1-3-5-10/h6,8,10-11,15H,1-5,7,14H2. The summed E-state index contributed by atoms with van der Waals surface area (Å²) in [6.45, 7) is 0.684. The van der Waals surface area contributed by atoms with Crippen molar-refractivity contribution in [2.75, 3.05) is 6.54 Å². The van der Waals surface area contributed by atoms with Gasteiger partial charge >= 0.3 is 0 Å². The number of halogens is 1. The lowest BCUT2D eigenvalue weighted by molar-refractivity contribution is 0.342. The normalized spacial score (nSPS) is 19.9. The van der Waals surface area contributed by atoms with Crippen LogP contribution in [0.15, 0.2) is 15.9 Å². The summed E-state index contributed by atoms with van der Waals surface area (Å²) in [5.74, 6) is 0. The van der Waals surface area contributed by atoms with Crippen LogP contribution in [0.3, 0.4) is 0 Å². The third kappa shape index (κ3) is 3.29. The maximum atomic E-state index is 5.86. The van der Waals surface area contributed by atoms with E-state index in [4.69, 9.17) is 5.73 Å². The van der Waals surface area contributed by atoms with Gasteiger partial charge in [0.15, 0.2) is 0 Å². The summed E-state index contributed by atoms with van der Waals surface area (Å²) in [4.78, 5) is 1.35. The van der Waals surface area contributed by atoms with Gasteiger partial charge in [-0.2, -0.15) is 0 Å². The predicted octanol–water partition coefficient (Wildman–Crippen LogP) is 3.43. The fraction of sp³-hybridized carbons (Fsp3) is 0.667. The lowest BCUT2D eigenvalue weighted by Gasteiger charge is -2.27. The minimum atomic E-state index is 0.333. The Kier molecular flexibility index (Phi) is 4.82. The second-order valence-electron chi connectivity index (χ2n) is 4.46. The third-order valence-electron chi connectivity index (χ3n) is 3.21. The highest BCUT2D eigenvalue weighted by Gasteiger charge is 2.19. The topological polar surface area (TPSA) is 38.0 Å². The monoisotopic (exact) mass is 302 g/mol. The Balaban J connectivity index is 1.94. The van der Waals surface area contributed by atoms with Gasteiger partial charge in [0.2, 0.25) is 0 Å². The van der Waals surface area contributed by atoms with Gasteiger partial charge in [0.05, 0.1) is 6.04 Å².